The molecular weight excluding hydrogens is 495 g/mol. The van der Waals surface area contributed by atoms with Crippen LogP contribution in [-0.2, 0) is 17.7 Å². The number of rotatable bonds is 13. The maximum atomic E-state index is 12.8. The van der Waals surface area contributed by atoms with Crippen molar-refractivity contribution in [3.63, 3.8) is 0 Å². The second-order valence-corrected chi connectivity index (χ2v) is 10.8. The number of benzene rings is 1. The number of methoxy groups -OCH3 is 1. The molecule has 0 bridgehead atoms. The third-order valence-electron chi connectivity index (χ3n) is 7.34. The van der Waals surface area contributed by atoms with Crippen molar-refractivity contribution in [3.05, 3.63) is 55.4 Å². The first-order chi connectivity index (χ1) is 17.5. The zero-order chi connectivity index (χ0) is 25.8. The first kappa shape index (κ1) is 28.7. The molecule has 2 atom stereocenters. The maximum Gasteiger partial charge on any atom is 0.256 e. The summed E-state index contributed by atoms with van der Waals surface area (Å²) >= 11 is 12.0. The van der Waals surface area contributed by atoms with E-state index < -0.39 is 0 Å². The van der Waals surface area contributed by atoms with Gasteiger partial charge in [-0.2, -0.15) is 0 Å². The monoisotopic (exact) mass is 534 g/mol. The minimum atomic E-state index is -0.176. The van der Waals surface area contributed by atoms with Crippen LogP contribution in [0.2, 0.25) is 10.0 Å². The summed E-state index contributed by atoms with van der Waals surface area (Å²) in [6, 6.07) is 5.38. The Balaban J connectivity index is 1.47. The Morgan fingerprint density at radius 1 is 1.08 bits per heavy atom. The summed E-state index contributed by atoms with van der Waals surface area (Å²) in [5.41, 5.74) is 1.77. The lowest BCUT2D eigenvalue weighted by Crippen LogP contribution is -2.20. The summed E-state index contributed by atoms with van der Waals surface area (Å²) in [5.74, 6) is 2.00. The molecule has 198 valence electrons. The van der Waals surface area contributed by atoms with E-state index in [9.17, 15) is 4.79 Å². The van der Waals surface area contributed by atoms with Gasteiger partial charge in [0.25, 0.3) is 5.56 Å². The van der Waals surface area contributed by atoms with Crippen LogP contribution in [0.15, 0.2) is 23.0 Å². The van der Waals surface area contributed by atoms with E-state index in [2.05, 4.69) is 15.3 Å². The van der Waals surface area contributed by atoms with Crippen LogP contribution in [0.5, 0.6) is 0 Å². The van der Waals surface area contributed by atoms with Crippen molar-refractivity contribution in [3.8, 4) is 0 Å². The van der Waals surface area contributed by atoms with Gasteiger partial charge >= 0.3 is 0 Å². The van der Waals surface area contributed by atoms with Gasteiger partial charge in [-0.25, -0.2) is 4.98 Å². The van der Waals surface area contributed by atoms with Gasteiger partial charge in [-0.05, 0) is 55.2 Å². The molecule has 0 aliphatic heterocycles. The molecule has 36 heavy (non-hydrogen) atoms. The fourth-order valence-electron chi connectivity index (χ4n) is 5.25. The highest BCUT2D eigenvalue weighted by Crippen LogP contribution is 2.31. The molecule has 3 N–H and O–H groups in total. The Morgan fingerprint density at radius 3 is 2.47 bits per heavy atom. The van der Waals surface area contributed by atoms with Crippen molar-refractivity contribution in [1.82, 2.24) is 9.97 Å². The zero-order valence-electron chi connectivity index (χ0n) is 21.4. The average molecular weight is 536 g/mol. The zero-order valence-corrected chi connectivity index (χ0v) is 22.9. The third kappa shape index (κ3) is 9.20. The number of halogens is 2. The largest absolute Gasteiger partial charge is 0.385 e. The van der Waals surface area contributed by atoms with Crippen LogP contribution in [0.3, 0.4) is 0 Å². The molecule has 8 heteroatoms. The third-order valence-corrected chi connectivity index (χ3v) is 8.08. The van der Waals surface area contributed by atoms with Crippen LogP contribution < -0.4 is 10.9 Å². The summed E-state index contributed by atoms with van der Waals surface area (Å²) < 4.78 is 5.23. The number of nitrogens with one attached hydrogen (secondary N) is 3. The van der Waals surface area contributed by atoms with Gasteiger partial charge in [-0.15, -0.1) is 0 Å². The van der Waals surface area contributed by atoms with Gasteiger partial charge in [0.05, 0.1) is 15.7 Å². The molecule has 1 aliphatic rings. The lowest BCUT2D eigenvalue weighted by Gasteiger charge is -2.25. The number of ether oxygens (including phenoxy) is 1. The van der Waals surface area contributed by atoms with E-state index in [4.69, 9.17) is 33.3 Å². The quantitative estimate of drug-likeness (QED) is 0.184. The standard InChI is InChI=1S/C28H40Cl2N4O2/c1-36-16-6-10-21-8-3-2-7-20(12-13-21)9-4-5-11-23-26(18-31)33-28(34-27(23)35)32-19-22-14-15-24(29)25(30)17-22/h14-15,17-18,20-21,31H,2-13,16,19H2,1H3,(H2,32,33,34,35). The van der Waals surface area contributed by atoms with Crippen molar-refractivity contribution < 1.29 is 4.74 Å². The van der Waals surface area contributed by atoms with Gasteiger partial charge < -0.3 is 15.5 Å². The molecule has 0 radical (unpaired) electrons. The second kappa shape index (κ2) is 15.4. The number of unbranched alkanes of at least 4 members (excludes halogenated alkanes) is 1. The van der Waals surface area contributed by atoms with Gasteiger partial charge in [0.2, 0.25) is 5.95 Å². The Bertz CT molecular complexity index is 1030. The molecule has 2 aromatic rings. The minimum absolute atomic E-state index is 0.176. The maximum absolute atomic E-state index is 12.8. The van der Waals surface area contributed by atoms with E-state index in [1.165, 1.54) is 64.0 Å². The number of hydrogen-bond donors (Lipinski definition) is 3. The Kier molecular flexibility index (Phi) is 12.3. The summed E-state index contributed by atoms with van der Waals surface area (Å²) in [6.07, 6.45) is 15.6. The molecule has 1 fully saturated rings. The molecule has 0 saturated heterocycles. The van der Waals surface area contributed by atoms with Crippen molar-refractivity contribution in [2.24, 2.45) is 11.8 Å². The molecule has 2 unspecified atom stereocenters. The van der Waals surface area contributed by atoms with Crippen molar-refractivity contribution >= 4 is 35.4 Å². The molecule has 1 aromatic carbocycles. The summed E-state index contributed by atoms with van der Waals surface area (Å²) in [7, 11) is 1.79. The summed E-state index contributed by atoms with van der Waals surface area (Å²) in [5, 5.41) is 11.9. The SMILES string of the molecule is COCCCC1CCCCC(CCCCc2c(C=N)nc(NCc3ccc(Cl)c(Cl)c3)[nH]c2=O)CC1. The minimum Gasteiger partial charge on any atom is -0.385 e. The predicted molar refractivity (Wildman–Crippen MR) is 150 cm³/mol. The van der Waals surface area contributed by atoms with Gasteiger partial charge in [0.15, 0.2) is 0 Å². The topological polar surface area (TPSA) is 90.9 Å². The first-order valence-electron chi connectivity index (χ1n) is 13.3. The van der Waals surface area contributed by atoms with Gasteiger partial charge in [0.1, 0.15) is 0 Å². The lowest BCUT2D eigenvalue weighted by atomic mass is 9.81. The molecule has 1 aliphatic carbocycles. The lowest BCUT2D eigenvalue weighted by molar-refractivity contribution is 0.181. The van der Waals surface area contributed by atoms with Gasteiger partial charge in [-0.1, -0.05) is 80.6 Å². The predicted octanol–water partition coefficient (Wildman–Crippen LogP) is 7.41. The van der Waals surface area contributed by atoms with Gasteiger partial charge in [0, 0.05) is 32.0 Å². The molecule has 6 nitrogen and oxygen atoms in total. The highest BCUT2D eigenvalue weighted by atomic mass is 35.5. The number of aromatic nitrogens is 2. The van der Waals surface area contributed by atoms with E-state index in [-0.39, 0.29) is 5.56 Å². The highest BCUT2D eigenvalue weighted by molar-refractivity contribution is 6.42. The van der Waals surface area contributed by atoms with Crippen molar-refractivity contribution in [1.29, 1.82) is 5.41 Å². The van der Waals surface area contributed by atoms with Crippen LogP contribution in [0.25, 0.3) is 0 Å². The van der Waals surface area contributed by atoms with E-state index in [0.29, 0.717) is 40.2 Å². The second-order valence-electron chi connectivity index (χ2n) is 10.00. The molecule has 3 rings (SSSR count). The number of H-pyrrole nitrogens is 1. The van der Waals surface area contributed by atoms with E-state index in [0.717, 1.165) is 36.8 Å². The molecular formula is C28H40Cl2N4O2. The smallest absolute Gasteiger partial charge is 0.256 e. The summed E-state index contributed by atoms with van der Waals surface area (Å²) in [4.78, 5) is 20.1. The van der Waals surface area contributed by atoms with Gasteiger partial charge in [-0.3, -0.25) is 9.78 Å². The Hall–Kier alpha value is -1.89. The summed E-state index contributed by atoms with van der Waals surface area (Å²) in [6.45, 7) is 1.31. The fraction of sp³-hybridized carbons (Fsp3) is 0.607. The van der Waals surface area contributed by atoms with E-state index in [1.54, 1.807) is 19.2 Å². The van der Waals surface area contributed by atoms with Crippen LogP contribution in [0, 0.1) is 17.2 Å². The van der Waals surface area contributed by atoms with Crippen molar-refractivity contribution in [2.45, 2.75) is 83.6 Å². The average Bonchev–Trinajstić information content (AvgIpc) is 2.85. The first-order valence-corrected chi connectivity index (χ1v) is 14.1. The number of aromatic amines is 1. The molecule has 0 amide bonds. The Labute approximate surface area is 225 Å². The number of nitrogens with zero attached hydrogens (tertiary/aromatic N) is 1. The number of hydrogen-bond acceptors (Lipinski definition) is 5. The molecule has 0 spiro atoms. The highest BCUT2D eigenvalue weighted by Gasteiger charge is 2.17. The van der Waals surface area contributed by atoms with Crippen LogP contribution in [0.4, 0.5) is 5.95 Å². The molecule has 1 saturated carbocycles. The van der Waals surface area contributed by atoms with Crippen LogP contribution in [0.1, 0.15) is 87.4 Å². The van der Waals surface area contributed by atoms with Crippen molar-refractivity contribution in [2.75, 3.05) is 19.0 Å². The normalized spacial score (nSPS) is 18.4. The van der Waals surface area contributed by atoms with E-state index in [1.807, 2.05) is 6.07 Å². The van der Waals surface area contributed by atoms with Crippen LogP contribution in [-0.4, -0.2) is 29.9 Å². The fourth-order valence-corrected chi connectivity index (χ4v) is 5.57. The van der Waals surface area contributed by atoms with E-state index >= 15 is 0 Å². The molecule has 1 heterocycles. The Morgan fingerprint density at radius 2 is 1.81 bits per heavy atom. The number of anilines is 1. The molecule has 1 aromatic heterocycles. The van der Waals surface area contributed by atoms with Crippen LogP contribution >= 0.6 is 23.2 Å².